The lowest BCUT2D eigenvalue weighted by atomic mass is 10.1. The number of anilines is 1. The molecule has 1 aliphatic heterocycles. The second kappa shape index (κ2) is 7.92. The molecule has 1 aromatic heterocycles. The predicted octanol–water partition coefficient (Wildman–Crippen LogP) is 3.84. The van der Waals surface area contributed by atoms with E-state index in [1.165, 1.54) is 17.4 Å². The van der Waals surface area contributed by atoms with Crippen LogP contribution < -0.4 is 14.8 Å². The van der Waals surface area contributed by atoms with E-state index in [0.29, 0.717) is 16.6 Å². The number of aryl methyl sites for hydroxylation is 2. The zero-order valence-electron chi connectivity index (χ0n) is 15.9. The number of amides is 1. The number of thiazole rings is 1. The number of benzene rings is 2. The molecular weight excluding hydrogens is 392 g/mol. The fourth-order valence-corrected chi connectivity index (χ4v) is 4.00. The molecule has 1 aliphatic rings. The molecule has 0 aliphatic carbocycles. The van der Waals surface area contributed by atoms with Gasteiger partial charge in [0.15, 0.2) is 23.2 Å². The highest BCUT2D eigenvalue weighted by molar-refractivity contribution is 7.22. The van der Waals surface area contributed by atoms with Crippen LogP contribution in [0.4, 0.5) is 5.13 Å². The molecule has 8 heteroatoms. The summed E-state index contributed by atoms with van der Waals surface area (Å²) in [6, 6.07) is 9.39. The van der Waals surface area contributed by atoms with Crippen LogP contribution in [-0.4, -0.2) is 30.3 Å². The number of carbonyl (C=O) groups excluding carboxylic acids is 2. The van der Waals surface area contributed by atoms with Gasteiger partial charge in [-0.05, 0) is 54.8 Å². The van der Waals surface area contributed by atoms with Crippen molar-refractivity contribution in [2.75, 3.05) is 18.7 Å². The molecule has 0 atom stereocenters. The first-order valence-electron chi connectivity index (χ1n) is 8.90. The zero-order chi connectivity index (χ0) is 20.4. The van der Waals surface area contributed by atoms with Crippen molar-refractivity contribution < 1.29 is 23.8 Å². The number of ether oxygens (including phenoxy) is 3. The Bertz CT molecular complexity index is 1140. The van der Waals surface area contributed by atoms with Gasteiger partial charge in [0, 0.05) is 6.08 Å². The average molecular weight is 410 g/mol. The summed E-state index contributed by atoms with van der Waals surface area (Å²) in [4.78, 5) is 28.4. The molecule has 148 valence electrons. The standard InChI is InChI=1S/C21H18N2O5S/c1-12-7-13(2)20-17(8-12)29-21(23-20)22-18(24)10-26-19(25)6-4-14-3-5-15-16(9-14)28-11-27-15/h3-9H,10-11H2,1-2H3,(H,22,23,24)/b6-4+. The van der Waals surface area contributed by atoms with Gasteiger partial charge < -0.3 is 14.2 Å². The van der Waals surface area contributed by atoms with Crippen LogP contribution in [0.3, 0.4) is 0 Å². The lowest BCUT2D eigenvalue weighted by Gasteiger charge is -2.02. The van der Waals surface area contributed by atoms with Gasteiger partial charge in [0.2, 0.25) is 6.79 Å². The van der Waals surface area contributed by atoms with E-state index in [9.17, 15) is 9.59 Å². The number of rotatable bonds is 5. The maximum atomic E-state index is 12.1. The molecule has 7 nitrogen and oxygen atoms in total. The van der Waals surface area contributed by atoms with E-state index in [0.717, 1.165) is 26.9 Å². The quantitative estimate of drug-likeness (QED) is 0.508. The van der Waals surface area contributed by atoms with Crippen molar-refractivity contribution in [3.05, 3.63) is 53.1 Å². The number of esters is 1. The van der Waals surface area contributed by atoms with Gasteiger partial charge >= 0.3 is 5.97 Å². The largest absolute Gasteiger partial charge is 0.454 e. The SMILES string of the molecule is Cc1cc(C)c2nc(NC(=O)COC(=O)/C=C/c3ccc4c(c3)OCO4)sc2c1. The van der Waals surface area contributed by atoms with Gasteiger partial charge in [0.25, 0.3) is 5.91 Å². The number of aromatic nitrogens is 1. The molecule has 0 fully saturated rings. The topological polar surface area (TPSA) is 86.8 Å². The molecule has 0 bridgehead atoms. The lowest BCUT2D eigenvalue weighted by molar-refractivity contribution is -0.142. The van der Waals surface area contributed by atoms with Gasteiger partial charge in [-0.1, -0.05) is 23.5 Å². The maximum absolute atomic E-state index is 12.1. The van der Waals surface area contributed by atoms with Gasteiger partial charge in [-0.15, -0.1) is 0 Å². The van der Waals surface area contributed by atoms with E-state index in [-0.39, 0.29) is 6.79 Å². The van der Waals surface area contributed by atoms with Gasteiger partial charge in [-0.3, -0.25) is 10.1 Å². The summed E-state index contributed by atoms with van der Waals surface area (Å²) in [6.45, 7) is 3.79. The van der Waals surface area contributed by atoms with Crippen molar-refractivity contribution in [1.29, 1.82) is 0 Å². The van der Waals surface area contributed by atoms with Crippen LogP contribution in [0, 0.1) is 13.8 Å². The highest BCUT2D eigenvalue weighted by Crippen LogP contribution is 2.33. The molecule has 0 spiro atoms. The number of hydrogen-bond acceptors (Lipinski definition) is 7. The molecule has 0 saturated heterocycles. The van der Waals surface area contributed by atoms with Crippen LogP contribution in [0.15, 0.2) is 36.4 Å². The molecule has 4 rings (SSSR count). The van der Waals surface area contributed by atoms with E-state index < -0.39 is 18.5 Å². The third-order valence-corrected chi connectivity index (χ3v) is 5.15. The third kappa shape index (κ3) is 4.38. The number of carbonyl (C=O) groups is 2. The summed E-state index contributed by atoms with van der Waals surface area (Å²) in [7, 11) is 0. The first kappa shape index (κ1) is 18.9. The molecule has 1 N–H and O–H groups in total. The molecule has 2 heterocycles. The van der Waals surface area contributed by atoms with Gasteiger partial charge in [0.1, 0.15) is 0 Å². The molecule has 0 unspecified atom stereocenters. The van der Waals surface area contributed by atoms with Crippen molar-refractivity contribution >= 4 is 44.6 Å². The second-order valence-electron chi connectivity index (χ2n) is 6.55. The van der Waals surface area contributed by atoms with Crippen LogP contribution in [0.5, 0.6) is 11.5 Å². The minimum Gasteiger partial charge on any atom is -0.454 e. The van der Waals surface area contributed by atoms with Crippen LogP contribution in [0.1, 0.15) is 16.7 Å². The maximum Gasteiger partial charge on any atom is 0.331 e. The number of hydrogen-bond donors (Lipinski definition) is 1. The van der Waals surface area contributed by atoms with E-state index >= 15 is 0 Å². The number of nitrogens with one attached hydrogen (secondary N) is 1. The van der Waals surface area contributed by atoms with Crippen molar-refractivity contribution in [2.45, 2.75) is 13.8 Å². The van der Waals surface area contributed by atoms with Crippen LogP contribution in [-0.2, 0) is 14.3 Å². The Hall–Kier alpha value is -3.39. The minimum absolute atomic E-state index is 0.188. The van der Waals surface area contributed by atoms with Gasteiger partial charge in [0.05, 0.1) is 10.2 Å². The fourth-order valence-electron chi connectivity index (χ4n) is 2.95. The summed E-state index contributed by atoms with van der Waals surface area (Å²) in [5.74, 6) is 0.236. The normalized spacial score (nSPS) is 12.5. The predicted molar refractivity (Wildman–Crippen MR) is 110 cm³/mol. The van der Waals surface area contributed by atoms with Gasteiger partial charge in [-0.2, -0.15) is 0 Å². The first-order chi connectivity index (χ1) is 14.0. The van der Waals surface area contributed by atoms with E-state index in [4.69, 9.17) is 14.2 Å². The number of fused-ring (bicyclic) bond motifs is 2. The van der Waals surface area contributed by atoms with Crippen LogP contribution >= 0.6 is 11.3 Å². The highest BCUT2D eigenvalue weighted by Gasteiger charge is 2.13. The van der Waals surface area contributed by atoms with E-state index in [1.807, 2.05) is 26.0 Å². The first-order valence-corrected chi connectivity index (χ1v) is 9.72. The molecule has 2 aromatic carbocycles. The summed E-state index contributed by atoms with van der Waals surface area (Å²) in [5.41, 5.74) is 3.81. The van der Waals surface area contributed by atoms with E-state index in [2.05, 4.69) is 10.3 Å². The summed E-state index contributed by atoms with van der Waals surface area (Å²) < 4.78 is 16.5. The molecule has 29 heavy (non-hydrogen) atoms. The molecule has 1 amide bonds. The second-order valence-corrected chi connectivity index (χ2v) is 7.58. The summed E-state index contributed by atoms with van der Waals surface area (Å²) in [6.07, 6.45) is 2.84. The Balaban J connectivity index is 1.31. The molecule has 0 saturated carbocycles. The Kier molecular flexibility index (Phi) is 5.18. The molecule has 0 radical (unpaired) electrons. The van der Waals surface area contributed by atoms with Crippen molar-refractivity contribution in [2.24, 2.45) is 0 Å². The smallest absolute Gasteiger partial charge is 0.331 e. The monoisotopic (exact) mass is 410 g/mol. The van der Waals surface area contributed by atoms with Crippen molar-refractivity contribution in [3.8, 4) is 11.5 Å². The van der Waals surface area contributed by atoms with Crippen LogP contribution in [0.2, 0.25) is 0 Å². The zero-order valence-corrected chi connectivity index (χ0v) is 16.7. The van der Waals surface area contributed by atoms with E-state index in [1.54, 1.807) is 24.3 Å². The number of nitrogens with zero attached hydrogens (tertiary/aromatic N) is 1. The van der Waals surface area contributed by atoms with Gasteiger partial charge in [-0.25, -0.2) is 9.78 Å². The Morgan fingerprint density at radius 3 is 2.90 bits per heavy atom. The van der Waals surface area contributed by atoms with Crippen LogP contribution in [0.25, 0.3) is 16.3 Å². The fraction of sp³-hybridized carbons (Fsp3) is 0.190. The average Bonchev–Trinajstić information content (AvgIpc) is 3.30. The lowest BCUT2D eigenvalue weighted by Crippen LogP contribution is -2.20. The Morgan fingerprint density at radius 1 is 1.21 bits per heavy atom. The highest BCUT2D eigenvalue weighted by atomic mass is 32.1. The molecule has 3 aromatic rings. The summed E-state index contributed by atoms with van der Waals surface area (Å²) in [5, 5.41) is 3.15. The molecular formula is C21H18N2O5S. The Labute approximate surface area is 170 Å². The van der Waals surface area contributed by atoms with Crippen molar-refractivity contribution in [3.63, 3.8) is 0 Å². The third-order valence-electron chi connectivity index (χ3n) is 4.23. The Morgan fingerprint density at radius 2 is 2.03 bits per heavy atom. The minimum atomic E-state index is -0.617. The summed E-state index contributed by atoms with van der Waals surface area (Å²) >= 11 is 1.39. The van der Waals surface area contributed by atoms with Crippen molar-refractivity contribution in [1.82, 2.24) is 4.98 Å².